The van der Waals surface area contributed by atoms with Crippen LogP contribution in [0.3, 0.4) is 0 Å². The maximum Gasteiger partial charge on any atom is -0.00106 e. The zero-order valence-corrected chi connectivity index (χ0v) is 10.0. The first-order chi connectivity index (χ1) is 8.92. The van der Waals surface area contributed by atoms with Crippen LogP contribution in [0.25, 0.3) is 24.3 Å². The van der Waals surface area contributed by atoms with Crippen molar-refractivity contribution in [1.29, 1.82) is 0 Å². The molecule has 0 spiro atoms. The molecule has 0 saturated heterocycles. The van der Waals surface area contributed by atoms with Gasteiger partial charge in [-0.15, -0.1) is 0 Å². The van der Waals surface area contributed by atoms with E-state index in [4.69, 9.17) is 0 Å². The molecule has 5 rings (SSSR count). The van der Waals surface area contributed by atoms with Gasteiger partial charge in [0.15, 0.2) is 0 Å². The maximum absolute atomic E-state index is 2.32. The molecule has 0 nitrogen and oxygen atoms in total. The van der Waals surface area contributed by atoms with E-state index in [1.54, 1.807) is 22.3 Å². The van der Waals surface area contributed by atoms with Crippen LogP contribution in [0, 0.1) is 0 Å². The fourth-order valence-corrected chi connectivity index (χ4v) is 3.22. The molecule has 0 unspecified atom stereocenters. The van der Waals surface area contributed by atoms with Gasteiger partial charge in [-0.1, -0.05) is 48.6 Å². The standard InChI is InChI=1S/C18H12/c1-2-4-12-6-8-14-13(7-5-11(12)3-1)15-9-17(15)18-10-16(14)18/h1-8H,9-10H2. The van der Waals surface area contributed by atoms with E-state index in [0.29, 0.717) is 0 Å². The lowest BCUT2D eigenvalue weighted by molar-refractivity contribution is 1.49. The van der Waals surface area contributed by atoms with Crippen molar-refractivity contribution in [3.63, 3.8) is 0 Å². The van der Waals surface area contributed by atoms with Crippen LogP contribution >= 0.6 is 0 Å². The van der Waals surface area contributed by atoms with Crippen molar-refractivity contribution >= 4 is 24.3 Å². The Morgan fingerprint density at radius 3 is 1.56 bits per heavy atom. The summed E-state index contributed by atoms with van der Waals surface area (Å²) >= 11 is 0. The van der Waals surface area contributed by atoms with Crippen molar-refractivity contribution in [1.82, 2.24) is 0 Å². The summed E-state index contributed by atoms with van der Waals surface area (Å²) in [4.78, 5) is 0. The van der Waals surface area contributed by atoms with Crippen LogP contribution in [0.1, 0.15) is 44.5 Å². The average molecular weight is 228 g/mol. The average Bonchev–Trinajstić information content (AvgIpc) is 3.22. The largest absolute Gasteiger partial charge is 0.0616 e. The lowest BCUT2D eigenvalue weighted by atomic mass is 9.98. The summed E-state index contributed by atoms with van der Waals surface area (Å²) < 4.78 is 0. The van der Waals surface area contributed by atoms with E-state index in [0.717, 1.165) is 0 Å². The predicted molar refractivity (Wildman–Crippen MR) is 76.4 cm³/mol. The van der Waals surface area contributed by atoms with Crippen LogP contribution in [-0.2, 0) is 12.8 Å². The Kier molecular flexibility index (Phi) is 1.41. The molecule has 3 aliphatic carbocycles. The van der Waals surface area contributed by atoms with Crippen LogP contribution in [-0.4, -0.2) is 0 Å². The highest BCUT2D eigenvalue weighted by Gasteiger charge is 2.36. The van der Waals surface area contributed by atoms with Gasteiger partial charge < -0.3 is 0 Å². The quantitative estimate of drug-likeness (QED) is 0.373. The summed E-state index contributed by atoms with van der Waals surface area (Å²) in [5, 5.41) is 0. The molecular weight excluding hydrogens is 216 g/mol. The molecule has 0 aromatic heterocycles. The smallest absolute Gasteiger partial charge is 0.00106 e. The second kappa shape index (κ2) is 2.84. The molecule has 0 atom stereocenters. The van der Waals surface area contributed by atoms with E-state index in [-0.39, 0.29) is 0 Å². The highest BCUT2D eigenvalue weighted by atomic mass is 14.4. The van der Waals surface area contributed by atoms with Crippen molar-refractivity contribution in [3.05, 3.63) is 68.8 Å². The van der Waals surface area contributed by atoms with E-state index < -0.39 is 0 Å². The second-order valence-corrected chi connectivity index (χ2v) is 5.39. The Hall–Kier alpha value is -2.08. The molecule has 18 heavy (non-hydrogen) atoms. The molecule has 0 heteroatoms. The van der Waals surface area contributed by atoms with E-state index in [1.807, 2.05) is 0 Å². The SMILES string of the molecule is C1=Cc2c(c3c(c4c2C4)C3)C=Cc2ccccc21. The molecule has 0 saturated carbocycles. The van der Waals surface area contributed by atoms with Gasteiger partial charge in [-0.25, -0.2) is 0 Å². The van der Waals surface area contributed by atoms with E-state index in [9.17, 15) is 0 Å². The van der Waals surface area contributed by atoms with Gasteiger partial charge in [0.2, 0.25) is 0 Å². The van der Waals surface area contributed by atoms with Crippen LogP contribution in [0.4, 0.5) is 0 Å². The second-order valence-electron chi connectivity index (χ2n) is 5.39. The number of rotatable bonds is 0. The van der Waals surface area contributed by atoms with Crippen molar-refractivity contribution < 1.29 is 0 Å². The monoisotopic (exact) mass is 228 g/mol. The molecule has 0 amide bonds. The highest BCUT2D eigenvalue weighted by molar-refractivity contribution is 5.92. The van der Waals surface area contributed by atoms with Gasteiger partial charge in [0, 0.05) is 0 Å². The van der Waals surface area contributed by atoms with Gasteiger partial charge in [0.25, 0.3) is 0 Å². The van der Waals surface area contributed by atoms with Crippen LogP contribution in [0.15, 0.2) is 24.3 Å². The summed E-state index contributed by atoms with van der Waals surface area (Å²) in [7, 11) is 0. The Morgan fingerprint density at radius 1 is 0.556 bits per heavy atom. The minimum atomic E-state index is 1.23. The summed E-state index contributed by atoms with van der Waals surface area (Å²) in [5.74, 6) is 0. The Balaban J connectivity index is 1.80. The predicted octanol–water partition coefficient (Wildman–Crippen LogP) is 4.15. The van der Waals surface area contributed by atoms with Crippen molar-refractivity contribution in [3.8, 4) is 0 Å². The third-order valence-corrected chi connectivity index (χ3v) is 4.35. The van der Waals surface area contributed by atoms with Crippen LogP contribution in [0.2, 0.25) is 0 Å². The van der Waals surface area contributed by atoms with Gasteiger partial charge in [-0.05, 0) is 57.3 Å². The molecule has 0 N–H and O–H groups in total. The molecule has 2 aromatic rings. The van der Waals surface area contributed by atoms with Gasteiger partial charge in [0.1, 0.15) is 0 Å². The number of fused-ring (bicyclic) bond motifs is 7. The lowest BCUT2D eigenvalue weighted by Gasteiger charge is -2.07. The van der Waals surface area contributed by atoms with Gasteiger partial charge in [-0.2, -0.15) is 0 Å². The summed E-state index contributed by atoms with van der Waals surface area (Å²) in [6.45, 7) is 0. The van der Waals surface area contributed by atoms with Gasteiger partial charge in [0.05, 0.1) is 0 Å². The van der Waals surface area contributed by atoms with E-state index in [2.05, 4.69) is 48.6 Å². The highest BCUT2D eigenvalue weighted by Crippen LogP contribution is 2.49. The molecule has 0 heterocycles. The lowest BCUT2D eigenvalue weighted by Crippen LogP contribution is -1.86. The van der Waals surface area contributed by atoms with Crippen molar-refractivity contribution in [2.45, 2.75) is 12.8 Å². The van der Waals surface area contributed by atoms with Crippen LogP contribution in [0.5, 0.6) is 0 Å². The molecule has 2 aromatic carbocycles. The van der Waals surface area contributed by atoms with E-state index >= 15 is 0 Å². The summed E-state index contributed by atoms with van der Waals surface area (Å²) in [5.41, 5.74) is 12.1. The molecule has 84 valence electrons. The third-order valence-electron chi connectivity index (χ3n) is 4.35. The first-order valence-corrected chi connectivity index (χ1v) is 6.56. The Bertz CT molecular complexity index is 707. The van der Waals surface area contributed by atoms with Crippen molar-refractivity contribution in [2.24, 2.45) is 0 Å². The summed E-state index contributed by atoms with van der Waals surface area (Å²) in [6.07, 6.45) is 11.6. The molecule has 0 bridgehead atoms. The fraction of sp³-hybridized carbons (Fsp3) is 0.111. The minimum Gasteiger partial charge on any atom is -0.0616 e. The zero-order chi connectivity index (χ0) is 11.7. The first kappa shape index (κ1) is 8.93. The fourth-order valence-electron chi connectivity index (χ4n) is 3.22. The maximum atomic E-state index is 2.32. The molecule has 0 aliphatic heterocycles. The molecule has 0 radical (unpaired) electrons. The number of hydrogen-bond acceptors (Lipinski definition) is 0. The first-order valence-electron chi connectivity index (χ1n) is 6.56. The summed E-state index contributed by atoms with van der Waals surface area (Å²) in [6, 6.07) is 8.60. The van der Waals surface area contributed by atoms with Crippen LogP contribution < -0.4 is 0 Å². The van der Waals surface area contributed by atoms with E-state index in [1.165, 1.54) is 35.1 Å². The topological polar surface area (TPSA) is 0 Å². The normalized spacial score (nSPS) is 16.0. The Morgan fingerprint density at radius 2 is 1.06 bits per heavy atom. The number of benzene rings is 2. The van der Waals surface area contributed by atoms with Gasteiger partial charge >= 0.3 is 0 Å². The van der Waals surface area contributed by atoms with Crippen molar-refractivity contribution in [2.75, 3.05) is 0 Å². The third kappa shape index (κ3) is 1.06. The van der Waals surface area contributed by atoms with Gasteiger partial charge in [-0.3, -0.25) is 0 Å². The zero-order valence-electron chi connectivity index (χ0n) is 10.0. The molecular formula is C18H12. The minimum absolute atomic E-state index is 1.23. The molecule has 0 fully saturated rings. The number of hydrogen-bond donors (Lipinski definition) is 0. The Labute approximate surface area is 106 Å². The molecule has 3 aliphatic rings.